The Morgan fingerprint density at radius 2 is 2.14 bits per heavy atom. The third-order valence-corrected chi connectivity index (χ3v) is 4.61. The molecule has 0 bridgehead atoms. The van der Waals surface area contributed by atoms with E-state index >= 15 is 0 Å². The molecule has 0 saturated carbocycles. The molecule has 1 fully saturated rings. The molecule has 1 amide bonds. The molecule has 3 nitrogen and oxygen atoms in total. The van der Waals surface area contributed by atoms with Crippen molar-refractivity contribution < 1.29 is 4.79 Å². The Morgan fingerprint density at radius 3 is 2.86 bits per heavy atom. The summed E-state index contributed by atoms with van der Waals surface area (Å²) in [6.07, 6.45) is 3.39. The zero-order chi connectivity index (χ0) is 15.4. The molecule has 1 saturated heterocycles. The van der Waals surface area contributed by atoms with Crippen LogP contribution in [-0.2, 0) is 0 Å². The lowest BCUT2D eigenvalue weighted by Gasteiger charge is -2.38. The highest BCUT2D eigenvalue weighted by atomic mass is 16.2. The quantitative estimate of drug-likeness (QED) is 0.905. The van der Waals surface area contributed by atoms with E-state index in [2.05, 4.69) is 44.0 Å². The summed E-state index contributed by atoms with van der Waals surface area (Å²) in [5, 5.41) is 3.40. The van der Waals surface area contributed by atoms with E-state index in [1.165, 1.54) is 12.0 Å². The molecule has 1 heterocycles. The Bertz CT molecular complexity index is 498. The van der Waals surface area contributed by atoms with Crippen molar-refractivity contribution in [2.24, 2.45) is 5.92 Å². The van der Waals surface area contributed by atoms with Gasteiger partial charge in [0.15, 0.2) is 0 Å². The third kappa shape index (κ3) is 3.58. The van der Waals surface area contributed by atoms with Gasteiger partial charge in [-0.3, -0.25) is 4.79 Å². The van der Waals surface area contributed by atoms with E-state index in [1.54, 1.807) is 0 Å². The standard InChI is InChI=1S/C18H28N2O/c1-5-10-19-17-12-13(2)8-9-16(17)18(21)20-11-6-7-14(3)15(20)4/h8-9,12,14-15,19H,5-7,10-11H2,1-4H3. The van der Waals surface area contributed by atoms with Crippen molar-refractivity contribution in [3.05, 3.63) is 29.3 Å². The number of hydrogen-bond donors (Lipinski definition) is 1. The van der Waals surface area contributed by atoms with Gasteiger partial charge >= 0.3 is 0 Å². The maximum Gasteiger partial charge on any atom is 0.256 e. The van der Waals surface area contributed by atoms with Crippen molar-refractivity contribution in [2.45, 2.75) is 53.0 Å². The molecule has 1 aliphatic heterocycles. The second-order valence-electron chi connectivity index (χ2n) is 6.33. The zero-order valence-electron chi connectivity index (χ0n) is 13.8. The van der Waals surface area contributed by atoms with E-state index in [9.17, 15) is 4.79 Å². The third-order valence-electron chi connectivity index (χ3n) is 4.61. The molecule has 3 heteroatoms. The van der Waals surface area contributed by atoms with Crippen molar-refractivity contribution in [2.75, 3.05) is 18.4 Å². The molecule has 1 aromatic rings. The van der Waals surface area contributed by atoms with Crippen molar-refractivity contribution in [1.29, 1.82) is 0 Å². The number of aryl methyl sites for hydroxylation is 1. The largest absolute Gasteiger partial charge is 0.384 e. The maximum atomic E-state index is 12.9. The summed E-state index contributed by atoms with van der Waals surface area (Å²) in [4.78, 5) is 15.0. The molecule has 0 aliphatic carbocycles. The first-order valence-electron chi connectivity index (χ1n) is 8.20. The van der Waals surface area contributed by atoms with Crippen molar-refractivity contribution >= 4 is 11.6 Å². The SMILES string of the molecule is CCCNc1cc(C)ccc1C(=O)N1CCCC(C)C1C. The minimum atomic E-state index is 0.174. The first-order chi connectivity index (χ1) is 10.0. The molecular formula is C18H28N2O. The molecule has 2 unspecified atom stereocenters. The van der Waals surface area contributed by atoms with Gasteiger partial charge in [-0.1, -0.05) is 19.9 Å². The van der Waals surface area contributed by atoms with Crippen LogP contribution in [0.25, 0.3) is 0 Å². The topological polar surface area (TPSA) is 32.3 Å². The molecule has 0 radical (unpaired) electrons. The van der Waals surface area contributed by atoms with E-state index in [0.717, 1.165) is 37.2 Å². The van der Waals surface area contributed by atoms with Crippen LogP contribution < -0.4 is 5.32 Å². The van der Waals surface area contributed by atoms with Crippen molar-refractivity contribution in [1.82, 2.24) is 4.90 Å². The van der Waals surface area contributed by atoms with Gasteiger partial charge in [-0.05, 0) is 56.7 Å². The monoisotopic (exact) mass is 288 g/mol. The number of benzene rings is 1. The summed E-state index contributed by atoms with van der Waals surface area (Å²) in [5.41, 5.74) is 2.98. The Morgan fingerprint density at radius 1 is 1.38 bits per heavy atom. The molecule has 0 aromatic heterocycles. The van der Waals surface area contributed by atoms with E-state index in [0.29, 0.717) is 12.0 Å². The maximum absolute atomic E-state index is 12.9. The summed E-state index contributed by atoms with van der Waals surface area (Å²) in [6, 6.07) is 6.41. The number of piperidine rings is 1. The molecular weight excluding hydrogens is 260 g/mol. The van der Waals surface area contributed by atoms with Gasteiger partial charge in [0.25, 0.3) is 5.91 Å². The lowest BCUT2D eigenvalue weighted by atomic mass is 9.91. The smallest absolute Gasteiger partial charge is 0.256 e. The van der Waals surface area contributed by atoms with Crippen LogP contribution in [0.1, 0.15) is 56.0 Å². The number of rotatable bonds is 4. The van der Waals surface area contributed by atoms with Crippen molar-refractivity contribution in [3.8, 4) is 0 Å². The fraction of sp³-hybridized carbons (Fsp3) is 0.611. The van der Waals surface area contributed by atoms with Crippen LogP contribution >= 0.6 is 0 Å². The summed E-state index contributed by atoms with van der Waals surface area (Å²) in [5.74, 6) is 0.757. The van der Waals surface area contributed by atoms with Gasteiger partial charge in [0.1, 0.15) is 0 Å². The Hall–Kier alpha value is -1.51. The molecule has 116 valence electrons. The second-order valence-corrected chi connectivity index (χ2v) is 6.33. The van der Waals surface area contributed by atoms with Gasteiger partial charge in [0.2, 0.25) is 0 Å². The van der Waals surface area contributed by atoms with Gasteiger partial charge in [-0.25, -0.2) is 0 Å². The van der Waals surface area contributed by atoms with Crippen LogP contribution in [0, 0.1) is 12.8 Å². The Labute approximate surface area is 128 Å². The highest BCUT2D eigenvalue weighted by molar-refractivity contribution is 6.00. The van der Waals surface area contributed by atoms with Crippen LogP contribution in [0.15, 0.2) is 18.2 Å². The summed E-state index contributed by atoms with van der Waals surface area (Å²) in [6.45, 7) is 10.4. The first-order valence-corrected chi connectivity index (χ1v) is 8.20. The van der Waals surface area contributed by atoms with Gasteiger partial charge < -0.3 is 10.2 Å². The fourth-order valence-corrected chi connectivity index (χ4v) is 3.03. The van der Waals surface area contributed by atoms with Crippen LogP contribution in [0.3, 0.4) is 0 Å². The summed E-state index contributed by atoms with van der Waals surface area (Å²) in [7, 11) is 0. The fourth-order valence-electron chi connectivity index (χ4n) is 3.03. The lowest BCUT2D eigenvalue weighted by molar-refractivity contribution is 0.0552. The number of carbonyl (C=O) groups is 1. The number of amides is 1. The Kier molecular flexibility index (Phi) is 5.27. The van der Waals surface area contributed by atoms with Crippen LogP contribution in [0.4, 0.5) is 5.69 Å². The van der Waals surface area contributed by atoms with E-state index in [1.807, 2.05) is 12.1 Å². The highest BCUT2D eigenvalue weighted by Gasteiger charge is 2.29. The highest BCUT2D eigenvalue weighted by Crippen LogP contribution is 2.27. The average Bonchev–Trinajstić information content (AvgIpc) is 2.47. The number of anilines is 1. The second kappa shape index (κ2) is 6.97. The predicted octanol–water partition coefficient (Wildman–Crippen LogP) is 4.08. The van der Waals surface area contributed by atoms with Gasteiger partial charge in [0.05, 0.1) is 5.56 Å². The molecule has 21 heavy (non-hydrogen) atoms. The van der Waals surface area contributed by atoms with Crippen LogP contribution in [0.5, 0.6) is 0 Å². The van der Waals surface area contributed by atoms with Gasteiger partial charge in [0, 0.05) is 24.8 Å². The minimum absolute atomic E-state index is 0.174. The minimum Gasteiger partial charge on any atom is -0.384 e. The molecule has 2 atom stereocenters. The van der Waals surface area contributed by atoms with Crippen LogP contribution in [0.2, 0.25) is 0 Å². The number of hydrogen-bond acceptors (Lipinski definition) is 2. The Balaban J connectivity index is 2.25. The molecule has 2 rings (SSSR count). The zero-order valence-corrected chi connectivity index (χ0v) is 13.8. The lowest BCUT2D eigenvalue weighted by Crippen LogP contribution is -2.46. The predicted molar refractivity (Wildman–Crippen MR) is 88.9 cm³/mol. The van der Waals surface area contributed by atoms with E-state index in [-0.39, 0.29) is 5.91 Å². The molecule has 0 spiro atoms. The number of likely N-dealkylation sites (tertiary alicyclic amines) is 1. The van der Waals surface area contributed by atoms with E-state index < -0.39 is 0 Å². The van der Waals surface area contributed by atoms with E-state index in [4.69, 9.17) is 0 Å². The molecule has 1 aliphatic rings. The normalized spacial score (nSPS) is 22.2. The summed E-state index contributed by atoms with van der Waals surface area (Å²) < 4.78 is 0. The molecule has 1 aromatic carbocycles. The summed E-state index contributed by atoms with van der Waals surface area (Å²) >= 11 is 0. The first kappa shape index (κ1) is 15.9. The van der Waals surface area contributed by atoms with Gasteiger partial charge in [-0.15, -0.1) is 0 Å². The average molecular weight is 288 g/mol. The number of nitrogens with zero attached hydrogens (tertiary/aromatic N) is 1. The van der Waals surface area contributed by atoms with Crippen LogP contribution in [-0.4, -0.2) is 29.9 Å². The van der Waals surface area contributed by atoms with Gasteiger partial charge in [-0.2, -0.15) is 0 Å². The van der Waals surface area contributed by atoms with Crippen molar-refractivity contribution in [3.63, 3.8) is 0 Å². The number of nitrogens with one attached hydrogen (secondary N) is 1. The molecule has 1 N–H and O–H groups in total. The number of carbonyl (C=O) groups excluding carboxylic acids is 1.